The third-order valence-corrected chi connectivity index (χ3v) is 3.98. The minimum atomic E-state index is -0.944. The molecule has 0 aromatic heterocycles. The van der Waals surface area contributed by atoms with Crippen LogP contribution in [0.4, 0.5) is 11.4 Å². The molecule has 0 aliphatic carbocycles. The highest BCUT2D eigenvalue weighted by Crippen LogP contribution is 2.13. The van der Waals surface area contributed by atoms with Crippen molar-refractivity contribution >= 4 is 57.8 Å². The third-order valence-electron chi connectivity index (χ3n) is 3.57. The molecule has 0 unspecified atom stereocenters. The molecule has 6 N–H and O–H groups in total. The molecule has 10 heteroatoms. The van der Waals surface area contributed by atoms with Crippen molar-refractivity contribution in [2.45, 2.75) is 13.8 Å². The smallest absolute Gasteiger partial charge is 0.329 e. The molecule has 0 aliphatic heterocycles. The topological polar surface area (TPSA) is 106 Å². The maximum absolute atomic E-state index is 11.8. The normalized spacial score (nSPS) is 9.64. The van der Waals surface area contributed by atoms with E-state index in [1.54, 1.807) is 0 Å². The van der Waals surface area contributed by atoms with E-state index in [9.17, 15) is 9.59 Å². The number of aryl methyl sites for hydroxylation is 2. The Morgan fingerprint density at radius 2 is 1.00 bits per heavy atom. The van der Waals surface area contributed by atoms with E-state index < -0.39 is 11.8 Å². The molecule has 2 aromatic rings. The Bertz CT molecular complexity index is 830. The van der Waals surface area contributed by atoms with Crippen molar-refractivity contribution < 1.29 is 9.59 Å². The third kappa shape index (κ3) is 6.49. The van der Waals surface area contributed by atoms with Gasteiger partial charge in [0.1, 0.15) is 0 Å². The SMILES string of the molecule is Cc1ccccc1NC(=S)NNC(=O)C(=O)NNC(=S)Nc1ccccc1C. The van der Waals surface area contributed by atoms with Gasteiger partial charge in [-0.2, -0.15) is 0 Å². The van der Waals surface area contributed by atoms with Crippen molar-refractivity contribution in [1.82, 2.24) is 21.7 Å². The number of hydrazine groups is 2. The molecule has 0 saturated carbocycles. The molecule has 2 amide bonds. The number of anilines is 2. The highest BCUT2D eigenvalue weighted by atomic mass is 32.1. The monoisotopic (exact) mass is 416 g/mol. The first kappa shape index (κ1) is 21.1. The summed E-state index contributed by atoms with van der Waals surface area (Å²) in [5, 5.41) is 6.11. The van der Waals surface area contributed by atoms with E-state index in [2.05, 4.69) is 32.3 Å². The number of nitrogens with one attached hydrogen (secondary N) is 6. The van der Waals surface area contributed by atoms with Crippen LogP contribution in [0.5, 0.6) is 0 Å². The fourth-order valence-electron chi connectivity index (χ4n) is 2.07. The maximum atomic E-state index is 11.8. The number of amides is 2. The predicted octanol–water partition coefficient (Wildman–Crippen LogP) is 1.64. The number of thiocarbonyl (C=S) groups is 2. The Labute approximate surface area is 173 Å². The predicted molar refractivity (Wildman–Crippen MR) is 117 cm³/mol. The number of benzene rings is 2. The summed E-state index contributed by atoms with van der Waals surface area (Å²) in [5.74, 6) is -1.89. The molecule has 0 fully saturated rings. The molecule has 0 heterocycles. The molecule has 0 spiro atoms. The molecule has 2 rings (SSSR count). The number of hydrogen-bond acceptors (Lipinski definition) is 4. The van der Waals surface area contributed by atoms with Gasteiger partial charge in [0.25, 0.3) is 0 Å². The first-order valence-electron chi connectivity index (χ1n) is 8.22. The van der Waals surface area contributed by atoms with Crippen LogP contribution in [-0.2, 0) is 9.59 Å². The van der Waals surface area contributed by atoms with Gasteiger partial charge >= 0.3 is 11.8 Å². The first-order chi connectivity index (χ1) is 13.4. The van der Waals surface area contributed by atoms with Crippen LogP contribution in [0.2, 0.25) is 0 Å². The lowest BCUT2D eigenvalue weighted by Crippen LogP contribution is -2.53. The molecule has 8 nitrogen and oxygen atoms in total. The lowest BCUT2D eigenvalue weighted by molar-refractivity contribution is -0.139. The van der Waals surface area contributed by atoms with E-state index in [0.29, 0.717) is 0 Å². The Morgan fingerprint density at radius 1 is 0.643 bits per heavy atom. The van der Waals surface area contributed by atoms with Crippen molar-refractivity contribution in [3.63, 3.8) is 0 Å². The van der Waals surface area contributed by atoms with Gasteiger partial charge in [-0.25, -0.2) is 0 Å². The minimum absolute atomic E-state index is 0.139. The lowest BCUT2D eigenvalue weighted by atomic mass is 10.2. The van der Waals surface area contributed by atoms with Crippen LogP contribution >= 0.6 is 24.4 Å². The van der Waals surface area contributed by atoms with Crippen LogP contribution in [0, 0.1) is 13.8 Å². The quantitative estimate of drug-likeness (QED) is 0.249. The summed E-state index contributed by atoms with van der Waals surface area (Å²) in [6.45, 7) is 3.83. The fraction of sp³-hybridized carbons (Fsp3) is 0.111. The van der Waals surface area contributed by atoms with Crippen LogP contribution in [0.25, 0.3) is 0 Å². The van der Waals surface area contributed by atoms with Gasteiger partial charge in [0.2, 0.25) is 0 Å². The van der Waals surface area contributed by atoms with Crippen molar-refractivity contribution in [3.05, 3.63) is 59.7 Å². The summed E-state index contributed by atoms with van der Waals surface area (Å²) in [4.78, 5) is 23.6. The average molecular weight is 417 g/mol. The maximum Gasteiger partial charge on any atom is 0.329 e. The van der Waals surface area contributed by atoms with Gasteiger partial charge in [0, 0.05) is 11.4 Å². The second-order valence-electron chi connectivity index (χ2n) is 5.70. The molecule has 0 radical (unpaired) electrons. The summed E-state index contributed by atoms with van der Waals surface area (Å²) < 4.78 is 0. The van der Waals surface area contributed by atoms with Gasteiger partial charge in [0.05, 0.1) is 0 Å². The van der Waals surface area contributed by atoms with Crippen molar-refractivity contribution in [2.24, 2.45) is 0 Å². The van der Waals surface area contributed by atoms with E-state index in [1.807, 2.05) is 62.4 Å². The summed E-state index contributed by atoms with van der Waals surface area (Å²) in [6, 6.07) is 15.0. The number of hydrogen-bond donors (Lipinski definition) is 6. The zero-order chi connectivity index (χ0) is 20.5. The van der Waals surface area contributed by atoms with Crippen molar-refractivity contribution in [3.8, 4) is 0 Å². The van der Waals surface area contributed by atoms with Gasteiger partial charge in [-0.3, -0.25) is 31.3 Å². The summed E-state index contributed by atoms with van der Waals surface area (Å²) in [7, 11) is 0. The molecule has 146 valence electrons. The van der Waals surface area contributed by atoms with Gasteiger partial charge in [-0.05, 0) is 61.5 Å². The fourth-order valence-corrected chi connectivity index (χ4v) is 2.40. The highest BCUT2D eigenvalue weighted by molar-refractivity contribution is 7.80. The van der Waals surface area contributed by atoms with Crippen LogP contribution in [0.15, 0.2) is 48.5 Å². The van der Waals surface area contributed by atoms with Crippen LogP contribution in [0.1, 0.15) is 11.1 Å². The number of para-hydroxylation sites is 2. The second-order valence-corrected chi connectivity index (χ2v) is 6.51. The van der Waals surface area contributed by atoms with Gasteiger partial charge in [-0.15, -0.1) is 0 Å². The van der Waals surface area contributed by atoms with Crippen molar-refractivity contribution in [2.75, 3.05) is 10.6 Å². The molecule has 2 aromatic carbocycles. The minimum Gasteiger partial charge on any atom is -0.331 e. The van der Waals surface area contributed by atoms with Gasteiger partial charge in [-0.1, -0.05) is 36.4 Å². The molecular weight excluding hydrogens is 396 g/mol. The number of carbonyl (C=O) groups is 2. The zero-order valence-electron chi connectivity index (χ0n) is 15.3. The van der Waals surface area contributed by atoms with Gasteiger partial charge < -0.3 is 10.6 Å². The highest BCUT2D eigenvalue weighted by Gasteiger charge is 2.14. The van der Waals surface area contributed by atoms with Gasteiger partial charge in [0.15, 0.2) is 10.2 Å². The zero-order valence-corrected chi connectivity index (χ0v) is 16.9. The van der Waals surface area contributed by atoms with E-state index in [0.717, 1.165) is 22.5 Å². The molecule has 0 atom stereocenters. The standard InChI is InChI=1S/C18H20N6O2S2/c1-11-7-3-5-9-13(11)19-17(27)23-21-15(25)16(26)22-24-18(28)20-14-10-6-4-8-12(14)2/h3-10H,1-2H3,(H,21,25)(H,22,26)(H2,19,23,27)(H2,20,24,28). The molecule has 0 bridgehead atoms. The second kappa shape index (κ2) is 10.2. The Kier molecular flexibility index (Phi) is 7.66. The first-order valence-corrected chi connectivity index (χ1v) is 9.04. The van der Waals surface area contributed by atoms with Crippen LogP contribution < -0.4 is 32.3 Å². The average Bonchev–Trinajstić information content (AvgIpc) is 2.68. The van der Waals surface area contributed by atoms with Crippen LogP contribution in [-0.4, -0.2) is 22.0 Å². The van der Waals surface area contributed by atoms with Crippen LogP contribution in [0.3, 0.4) is 0 Å². The van der Waals surface area contributed by atoms with E-state index in [1.165, 1.54) is 0 Å². The molecular formula is C18H20N6O2S2. The Hall–Kier alpha value is -3.24. The number of rotatable bonds is 2. The molecule has 0 aliphatic rings. The number of carbonyl (C=O) groups excluding carboxylic acids is 2. The molecule has 28 heavy (non-hydrogen) atoms. The summed E-state index contributed by atoms with van der Waals surface area (Å²) in [6.07, 6.45) is 0. The molecule has 0 saturated heterocycles. The van der Waals surface area contributed by atoms with E-state index in [4.69, 9.17) is 24.4 Å². The largest absolute Gasteiger partial charge is 0.331 e. The Morgan fingerprint density at radius 3 is 1.36 bits per heavy atom. The van der Waals surface area contributed by atoms with E-state index >= 15 is 0 Å². The summed E-state index contributed by atoms with van der Waals surface area (Å²) in [5.41, 5.74) is 12.8. The Balaban J connectivity index is 1.73. The van der Waals surface area contributed by atoms with Crippen molar-refractivity contribution in [1.29, 1.82) is 0 Å². The van der Waals surface area contributed by atoms with E-state index in [-0.39, 0.29) is 10.2 Å². The lowest BCUT2D eigenvalue weighted by Gasteiger charge is -2.14. The summed E-state index contributed by atoms with van der Waals surface area (Å²) >= 11 is 10.2.